The Morgan fingerprint density at radius 2 is 1.57 bits per heavy atom. The van der Waals surface area contributed by atoms with Gasteiger partial charge in [-0.25, -0.2) is 0 Å². The van der Waals surface area contributed by atoms with Crippen molar-refractivity contribution in [1.82, 2.24) is 5.16 Å². The molecule has 3 aromatic carbocycles. The molecule has 0 saturated heterocycles. The van der Waals surface area contributed by atoms with Crippen LogP contribution in [-0.2, 0) is 27.8 Å². The van der Waals surface area contributed by atoms with Crippen molar-refractivity contribution in [1.29, 1.82) is 0 Å². The monoisotopic (exact) mass is 537 g/mol. The summed E-state index contributed by atoms with van der Waals surface area (Å²) in [5, 5.41) is 4.31. The number of ether oxygens (including phenoxy) is 2. The highest BCUT2D eigenvalue weighted by molar-refractivity contribution is 5.73. The average Bonchev–Trinajstić information content (AvgIpc) is 3.67. The predicted molar refractivity (Wildman–Crippen MR) is 158 cm³/mol. The van der Waals surface area contributed by atoms with Crippen molar-refractivity contribution in [3.63, 3.8) is 0 Å². The summed E-state index contributed by atoms with van der Waals surface area (Å²) in [5.41, 5.74) is 8.01. The van der Waals surface area contributed by atoms with Crippen molar-refractivity contribution in [3.8, 4) is 28.2 Å². The van der Waals surface area contributed by atoms with Crippen molar-refractivity contribution < 1.29 is 18.8 Å². The molecule has 1 fully saturated rings. The van der Waals surface area contributed by atoms with Crippen LogP contribution < -0.4 is 4.74 Å². The van der Waals surface area contributed by atoms with E-state index in [0.717, 1.165) is 66.0 Å². The molecule has 0 spiro atoms. The van der Waals surface area contributed by atoms with E-state index in [4.69, 9.17) is 14.0 Å². The number of hydrogen-bond acceptors (Lipinski definition) is 5. The number of carbonyl (C=O) groups is 1. The summed E-state index contributed by atoms with van der Waals surface area (Å²) in [6.45, 7) is 6.62. The number of aryl methyl sites for hydroxylation is 2. The van der Waals surface area contributed by atoms with Gasteiger partial charge in [0, 0.05) is 16.5 Å². The van der Waals surface area contributed by atoms with E-state index in [1.54, 1.807) is 7.11 Å². The number of esters is 1. The van der Waals surface area contributed by atoms with Crippen LogP contribution in [0.3, 0.4) is 0 Å². The lowest BCUT2D eigenvalue weighted by molar-refractivity contribution is -0.143. The maximum Gasteiger partial charge on any atom is 0.306 e. The number of hydrogen-bond donors (Lipinski definition) is 0. The molecular weight excluding hydrogens is 498 g/mol. The zero-order chi connectivity index (χ0) is 28.1. The quantitative estimate of drug-likeness (QED) is 0.171. The Hall–Kier alpha value is -3.86. The second-order valence-corrected chi connectivity index (χ2v) is 11.2. The van der Waals surface area contributed by atoms with Gasteiger partial charge >= 0.3 is 5.97 Å². The maximum absolute atomic E-state index is 12.1. The summed E-state index contributed by atoms with van der Waals surface area (Å²) in [5.74, 6) is 2.15. The van der Waals surface area contributed by atoms with E-state index >= 15 is 0 Å². The molecule has 1 unspecified atom stereocenters. The molecule has 0 N–H and O–H groups in total. The number of carbonyl (C=O) groups excluding carboxylic acids is 1. The molecule has 40 heavy (non-hydrogen) atoms. The van der Waals surface area contributed by atoms with Crippen LogP contribution in [-0.4, -0.2) is 24.8 Å². The lowest BCUT2D eigenvalue weighted by Crippen LogP contribution is -2.15. The summed E-state index contributed by atoms with van der Waals surface area (Å²) in [6.07, 6.45) is 5.60. The molecule has 1 saturated carbocycles. The Kier molecular flexibility index (Phi) is 8.39. The smallest absolute Gasteiger partial charge is 0.306 e. The van der Waals surface area contributed by atoms with Crippen LogP contribution in [0.4, 0.5) is 0 Å². The molecule has 5 nitrogen and oxygen atoms in total. The average molecular weight is 538 g/mol. The molecule has 208 valence electrons. The summed E-state index contributed by atoms with van der Waals surface area (Å²) < 4.78 is 16.3. The van der Waals surface area contributed by atoms with Crippen LogP contribution in [0.15, 0.2) is 77.3 Å². The van der Waals surface area contributed by atoms with Gasteiger partial charge in [0.05, 0.1) is 25.8 Å². The predicted octanol–water partition coefficient (Wildman–Crippen LogP) is 8.12. The molecule has 0 aliphatic heterocycles. The fraction of sp³-hybridized carbons (Fsp3) is 0.371. The van der Waals surface area contributed by atoms with Gasteiger partial charge in [0.2, 0.25) is 0 Å². The fourth-order valence-electron chi connectivity index (χ4n) is 5.55. The minimum Gasteiger partial charge on any atom is -0.497 e. The number of methoxy groups -OCH3 is 1. The van der Waals surface area contributed by atoms with E-state index in [-0.39, 0.29) is 11.4 Å². The molecule has 0 bridgehead atoms. The molecule has 4 aromatic rings. The summed E-state index contributed by atoms with van der Waals surface area (Å²) in [4.78, 5) is 12.1. The second-order valence-electron chi connectivity index (χ2n) is 11.2. The summed E-state index contributed by atoms with van der Waals surface area (Å²) in [6, 6.07) is 25.5. The normalized spacial score (nSPS) is 14.5. The Labute approximate surface area is 237 Å². The molecule has 1 aromatic heterocycles. The minimum absolute atomic E-state index is 0.0407. The van der Waals surface area contributed by atoms with Crippen molar-refractivity contribution in [2.45, 2.75) is 64.7 Å². The Morgan fingerprint density at radius 1 is 0.950 bits per heavy atom. The van der Waals surface area contributed by atoms with Crippen LogP contribution >= 0.6 is 0 Å². The van der Waals surface area contributed by atoms with Crippen LogP contribution in [0.5, 0.6) is 5.75 Å². The van der Waals surface area contributed by atoms with Crippen LogP contribution in [0.25, 0.3) is 22.5 Å². The van der Waals surface area contributed by atoms with Gasteiger partial charge in [0.1, 0.15) is 5.75 Å². The third kappa shape index (κ3) is 6.30. The third-order valence-electron chi connectivity index (χ3n) is 8.24. The van der Waals surface area contributed by atoms with Gasteiger partial charge in [-0.2, -0.15) is 0 Å². The van der Waals surface area contributed by atoms with E-state index in [0.29, 0.717) is 18.9 Å². The maximum atomic E-state index is 12.1. The van der Waals surface area contributed by atoms with Gasteiger partial charge in [-0.3, -0.25) is 4.79 Å². The highest BCUT2D eigenvalue weighted by Gasteiger charge is 2.46. The van der Waals surface area contributed by atoms with Crippen LogP contribution in [0.2, 0.25) is 0 Å². The van der Waals surface area contributed by atoms with Crippen molar-refractivity contribution >= 4 is 5.97 Å². The Morgan fingerprint density at radius 3 is 2.17 bits per heavy atom. The Bertz CT molecular complexity index is 1410. The molecule has 0 amide bonds. The van der Waals surface area contributed by atoms with Crippen molar-refractivity contribution in [2.24, 2.45) is 5.92 Å². The van der Waals surface area contributed by atoms with Gasteiger partial charge in [0.25, 0.3) is 0 Å². The van der Waals surface area contributed by atoms with Crippen LogP contribution in [0.1, 0.15) is 61.9 Å². The number of rotatable bonds is 12. The zero-order valence-corrected chi connectivity index (χ0v) is 24.0. The number of benzene rings is 3. The van der Waals surface area contributed by atoms with Crippen molar-refractivity contribution in [2.75, 3.05) is 13.7 Å². The first kappa shape index (κ1) is 27.7. The van der Waals surface area contributed by atoms with Gasteiger partial charge in [0.15, 0.2) is 5.76 Å². The van der Waals surface area contributed by atoms with Crippen LogP contribution in [0, 0.1) is 12.8 Å². The zero-order valence-electron chi connectivity index (χ0n) is 24.0. The molecule has 1 aliphatic rings. The first-order chi connectivity index (χ1) is 19.4. The lowest BCUT2D eigenvalue weighted by Gasteiger charge is -2.15. The van der Waals surface area contributed by atoms with E-state index < -0.39 is 0 Å². The van der Waals surface area contributed by atoms with Gasteiger partial charge < -0.3 is 14.0 Å². The molecular formula is C35H39NO4. The fourth-order valence-corrected chi connectivity index (χ4v) is 5.55. The Balaban J connectivity index is 1.23. The standard InChI is InChI=1S/C35H39NO4/c1-5-39-33(37)23-35(20-21-35)30-16-14-28(15-17-30)27-10-12-29(13-11-27)34-32(25(3)36-40-34)22-24(2)6-7-26-8-18-31(38-4)19-9-26/h8-19,24H,5-7,20-23H2,1-4H3. The molecule has 5 rings (SSSR count). The highest BCUT2D eigenvalue weighted by atomic mass is 16.5. The second kappa shape index (κ2) is 12.1. The molecule has 5 heteroatoms. The molecule has 0 radical (unpaired) electrons. The van der Waals surface area contributed by atoms with Gasteiger partial charge in [-0.05, 0) is 86.3 Å². The first-order valence-corrected chi connectivity index (χ1v) is 14.4. The highest BCUT2D eigenvalue weighted by Crippen LogP contribution is 2.51. The largest absolute Gasteiger partial charge is 0.497 e. The minimum atomic E-state index is -0.103. The topological polar surface area (TPSA) is 61.6 Å². The summed E-state index contributed by atoms with van der Waals surface area (Å²) in [7, 11) is 1.70. The molecule has 1 atom stereocenters. The van der Waals surface area contributed by atoms with Crippen molar-refractivity contribution in [3.05, 3.63) is 95.2 Å². The first-order valence-electron chi connectivity index (χ1n) is 14.4. The van der Waals surface area contributed by atoms with Gasteiger partial charge in [-0.15, -0.1) is 0 Å². The number of aromatic nitrogens is 1. The van der Waals surface area contributed by atoms with Gasteiger partial charge in [-0.1, -0.05) is 72.7 Å². The summed E-state index contributed by atoms with van der Waals surface area (Å²) >= 11 is 0. The lowest BCUT2D eigenvalue weighted by atomic mass is 9.90. The van der Waals surface area contributed by atoms with E-state index in [1.165, 1.54) is 16.7 Å². The SMILES string of the molecule is CCOC(=O)CC1(c2ccc(-c3ccc(-c4onc(C)c4CC(C)CCc4ccc(OC)cc4)cc3)cc2)CC1. The number of nitrogens with zero attached hydrogens (tertiary/aromatic N) is 1. The molecule has 1 aliphatic carbocycles. The van der Waals surface area contributed by atoms with E-state index in [9.17, 15) is 4.79 Å². The van der Waals surface area contributed by atoms with E-state index in [2.05, 4.69) is 72.7 Å². The molecule has 1 heterocycles. The third-order valence-corrected chi connectivity index (χ3v) is 8.24. The van der Waals surface area contributed by atoms with E-state index in [1.807, 2.05) is 26.0 Å².